The van der Waals surface area contributed by atoms with Crippen LogP contribution in [0.4, 0.5) is 11.5 Å². The summed E-state index contributed by atoms with van der Waals surface area (Å²) in [7, 11) is 3.62. The van der Waals surface area contributed by atoms with Gasteiger partial charge in [-0.1, -0.05) is 6.07 Å². The molecule has 2 atom stereocenters. The Labute approximate surface area is 233 Å². The average molecular weight is 537 g/mol. The van der Waals surface area contributed by atoms with Crippen LogP contribution in [0.5, 0.6) is 5.88 Å². The summed E-state index contributed by atoms with van der Waals surface area (Å²) < 4.78 is 6.94. The first kappa shape index (κ1) is 24.8. The fourth-order valence-electron chi connectivity index (χ4n) is 6.15. The third-order valence-corrected chi connectivity index (χ3v) is 8.62. The molecule has 204 valence electrons. The summed E-state index contributed by atoms with van der Waals surface area (Å²) in [5, 5.41) is 24.6. The largest absolute Gasteiger partial charge is 0.481 e. The first-order valence-electron chi connectivity index (χ1n) is 13.7. The van der Waals surface area contributed by atoms with Gasteiger partial charge in [0, 0.05) is 74.9 Å². The first-order chi connectivity index (χ1) is 19.4. The van der Waals surface area contributed by atoms with Crippen LogP contribution in [0.1, 0.15) is 30.4 Å². The maximum Gasteiger partial charge on any atom is 0.212 e. The Morgan fingerprint density at radius 2 is 1.95 bits per heavy atom. The Morgan fingerprint density at radius 1 is 1.12 bits per heavy atom. The maximum atomic E-state index is 10.5. The van der Waals surface area contributed by atoms with E-state index in [1.54, 1.807) is 17.8 Å². The lowest BCUT2D eigenvalue weighted by molar-refractivity contribution is -0.00876. The van der Waals surface area contributed by atoms with Crippen molar-refractivity contribution in [3.63, 3.8) is 0 Å². The Kier molecular flexibility index (Phi) is 5.87. The molecular formula is C30H32N8O2. The molecule has 8 rings (SSSR count). The molecule has 0 radical (unpaired) electrons. The number of likely N-dealkylation sites (N-methyl/N-ethyl adjacent to an activating group) is 1. The third-order valence-electron chi connectivity index (χ3n) is 8.62. The molecule has 1 aliphatic carbocycles. The van der Waals surface area contributed by atoms with Crippen LogP contribution in [0.3, 0.4) is 0 Å². The minimum absolute atomic E-state index is 0.500. The lowest BCUT2D eigenvalue weighted by Crippen LogP contribution is -2.68. The van der Waals surface area contributed by atoms with Crippen molar-refractivity contribution >= 4 is 17.0 Å². The topological polar surface area (TPSA) is 106 Å². The Hall–Kier alpha value is -4.20. The monoisotopic (exact) mass is 536 g/mol. The maximum absolute atomic E-state index is 10.5. The third kappa shape index (κ3) is 4.41. The number of aliphatic hydroxyl groups is 1. The lowest BCUT2D eigenvalue weighted by Gasteiger charge is -2.56. The number of hydrogen-bond donors (Lipinski definition) is 1. The van der Waals surface area contributed by atoms with Crippen molar-refractivity contribution in [2.45, 2.75) is 43.5 Å². The predicted octanol–water partition coefficient (Wildman–Crippen LogP) is 3.10. The van der Waals surface area contributed by atoms with Crippen molar-refractivity contribution in [2.75, 3.05) is 43.6 Å². The van der Waals surface area contributed by atoms with Crippen LogP contribution in [-0.4, -0.2) is 81.1 Å². The highest BCUT2D eigenvalue weighted by Crippen LogP contribution is 2.39. The van der Waals surface area contributed by atoms with Gasteiger partial charge >= 0.3 is 0 Å². The normalized spacial score (nSPS) is 21.1. The van der Waals surface area contributed by atoms with E-state index in [1.807, 2.05) is 31.7 Å². The summed E-state index contributed by atoms with van der Waals surface area (Å²) in [6, 6.07) is 13.5. The van der Waals surface area contributed by atoms with Crippen LogP contribution < -0.4 is 14.5 Å². The smallest absolute Gasteiger partial charge is 0.212 e. The van der Waals surface area contributed by atoms with Gasteiger partial charge in [0.15, 0.2) is 0 Å². The van der Waals surface area contributed by atoms with Crippen LogP contribution in [0, 0.1) is 11.3 Å². The summed E-state index contributed by atoms with van der Waals surface area (Å²) in [6.07, 6.45) is 10.2. The zero-order chi connectivity index (χ0) is 27.4. The van der Waals surface area contributed by atoms with E-state index >= 15 is 0 Å². The molecule has 10 heteroatoms. The standard InChI is InChI=1S/C30H32N8O2/c1-35(19-30(39)7-8-30)23-10-26(29-22(11-31)14-34-38(29)18-23)21-4-5-27(32-13-21)36-16-24-9-25(17-36)37(24)15-20-3-6-28(40-2)33-12-20/h3-6,10,12-14,18,24-25,39H,7-9,15-17,19H2,1-2H3. The number of nitriles is 1. The van der Waals surface area contributed by atoms with Gasteiger partial charge in [0.2, 0.25) is 5.88 Å². The highest BCUT2D eigenvalue weighted by Gasteiger charge is 2.44. The lowest BCUT2D eigenvalue weighted by atomic mass is 9.87. The van der Waals surface area contributed by atoms with E-state index in [1.165, 1.54) is 12.0 Å². The van der Waals surface area contributed by atoms with E-state index in [9.17, 15) is 10.4 Å². The van der Waals surface area contributed by atoms with E-state index in [4.69, 9.17) is 9.72 Å². The summed E-state index contributed by atoms with van der Waals surface area (Å²) in [5.74, 6) is 1.61. The van der Waals surface area contributed by atoms with Gasteiger partial charge in [-0.05, 0) is 43.0 Å². The molecule has 1 N–H and O–H groups in total. The summed E-state index contributed by atoms with van der Waals surface area (Å²) in [6.45, 7) is 3.35. The van der Waals surface area contributed by atoms with Gasteiger partial charge in [-0.2, -0.15) is 10.4 Å². The van der Waals surface area contributed by atoms with Crippen molar-refractivity contribution in [1.82, 2.24) is 24.5 Å². The first-order valence-corrected chi connectivity index (χ1v) is 13.7. The second-order valence-corrected chi connectivity index (χ2v) is 11.4. The highest BCUT2D eigenvalue weighted by molar-refractivity contribution is 5.86. The summed E-state index contributed by atoms with van der Waals surface area (Å²) in [5.41, 5.74) is 4.66. The van der Waals surface area contributed by atoms with Crippen molar-refractivity contribution in [1.29, 1.82) is 5.26 Å². The number of methoxy groups -OCH3 is 1. The number of pyridine rings is 3. The van der Waals surface area contributed by atoms with Gasteiger partial charge in [0.25, 0.3) is 0 Å². The molecule has 10 nitrogen and oxygen atoms in total. The number of piperidine rings is 1. The van der Waals surface area contributed by atoms with Crippen molar-refractivity contribution < 1.29 is 9.84 Å². The molecule has 40 heavy (non-hydrogen) atoms. The number of ether oxygens (including phenoxy) is 1. The molecule has 0 amide bonds. The number of nitrogens with zero attached hydrogens (tertiary/aromatic N) is 8. The summed E-state index contributed by atoms with van der Waals surface area (Å²) >= 11 is 0. The second kappa shape index (κ2) is 9.47. The van der Waals surface area contributed by atoms with Gasteiger partial charge in [0.05, 0.1) is 41.9 Å². The van der Waals surface area contributed by atoms with E-state index < -0.39 is 5.60 Å². The molecule has 2 bridgehead atoms. The van der Waals surface area contributed by atoms with Crippen molar-refractivity contribution in [3.8, 4) is 23.1 Å². The number of anilines is 2. The molecule has 7 heterocycles. The molecular weight excluding hydrogens is 504 g/mol. The molecule has 0 spiro atoms. The molecule has 4 aromatic rings. The molecule has 4 fully saturated rings. The SMILES string of the molecule is COc1ccc(CN2C3CC2CN(c2ccc(-c4cc(N(C)CC5(O)CC5)cn5ncc(C#N)c45)cn2)C3)cn1. The van der Waals surface area contributed by atoms with E-state index in [0.717, 1.165) is 60.6 Å². The van der Waals surface area contributed by atoms with Crippen molar-refractivity contribution in [2.24, 2.45) is 0 Å². The fraction of sp³-hybridized carbons (Fsp3) is 0.400. The number of aromatic nitrogens is 4. The minimum atomic E-state index is -0.606. The zero-order valence-electron chi connectivity index (χ0n) is 22.7. The Balaban J connectivity index is 1.10. The average Bonchev–Trinajstić information content (AvgIpc) is 3.56. The molecule has 4 aliphatic rings. The van der Waals surface area contributed by atoms with Crippen LogP contribution in [0.15, 0.2) is 55.1 Å². The van der Waals surface area contributed by atoms with Gasteiger partial charge in [0.1, 0.15) is 11.9 Å². The van der Waals surface area contributed by atoms with Gasteiger partial charge in [-0.15, -0.1) is 0 Å². The Bertz CT molecular complexity index is 1580. The van der Waals surface area contributed by atoms with Crippen LogP contribution in [0.2, 0.25) is 0 Å². The fourth-order valence-corrected chi connectivity index (χ4v) is 6.15. The number of piperazine rings is 1. The van der Waals surface area contributed by atoms with Crippen LogP contribution in [-0.2, 0) is 6.54 Å². The van der Waals surface area contributed by atoms with Crippen molar-refractivity contribution in [3.05, 3.63) is 66.2 Å². The zero-order valence-corrected chi connectivity index (χ0v) is 22.7. The minimum Gasteiger partial charge on any atom is -0.481 e. The second-order valence-electron chi connectivity index (χ2n) is 11.4. The molecule has 1 saturated carbocycles. The predicted molar refractivity (Wildman–Crippen MR) is 151 cm³/mol. The molecule has 3 aliphatic heterocycles. The highest BCUT2D eigenvalue weighted by atomic mass is 16.5. The molecule has 0 aromatic carbocycles. The quantitative estimate of drug-likeness (QED) is 0.364. The Morgan fingerprint density at radius 3 is 2.60 bits per heavy atom. The van der Waals surface area contributed by atoms with E-state index in [0.29, 0.717) is 30.1 Å². The number of hydrogen-bond acceptors (Lipinski definition) is 9. The van der Waals surface area contributed by atoms with Gasteiger partial charge in [-0.25, -0.2) is 14.5 Å². The summed E-state index contributed by atoms with van der Waals surface area (Å²) in [4.78, 5) is 16.2. The van der Waals surface area contributed by atoms with Gasteiger partial charge in [-0.3, -0.25) is 4.90 Å². The molecule has 2 unspecified atom stereocenters. The van der Waals surface area contributed by atoms with E-state index in [-0.39, 0.29) is 0 Å². The van der Waals surface area contributed by atoms with Gasteiger partial charge < -0.3 is 19.6 Å². The molecule has 4 aromatic heterocycles. The van der Waals surface area contributed by atoms with Crippen LogP contribution >= 0.6 is 0 Å². The molecule has 3 saturated heterocycles. The van der Waals surface area contributed by atoms with Crippen LogP contribution in [0.25, 0.3) is 16.6 Å². The van der Waals surface area contributed by atoms with E-state index in [2.05, 4.69) is 55.1 Å². The number of rotatable bonds is 8. The number of fused-ring (bicyclic) bond motifs is 3.